The molecule has 2 aromatic rings. The lowest BCUT2D eigenvalue weighted by Gasteiger charge is -2.16. The molecule has 0 fully saturated rings. The Bertz CT molecular complexity index is 876. The Morgan fingerprint density at radius 1 is 1.08 bits per heavy atom. The number of hydrogen-bond donors (Lipinski definition) is 0. The van der Waals surface area contributed by atoms with Crippen molar-refractivity contribution in [2.24, 2.45) is 0 Å². The topological polar surface area (TPSA) is 76.4 Å². The third kappa shape index (κ3) is 4.48. The van der Waals surface area contributed by atoms with Gasteiger partial charge in [0.05, 0.1) is 11.6 Å². The first kappa shape index (κ1) is 19.2. The Balaban J connectivity index is 2.00. The van der Waals surface area contributed by atoms with Gasteiger partial charge in [-0.2, -0.15) is 5.26 Å². The van der Waals surface area contributed by atoms with Crippen LogP contribution < -0.4 is 4.74 Å². The summed E-state index contributed by atoms with van der Waals surface area (Å²) in [6.07, 6.45) is 0. The molecule has 0 saturated carbocycles. The van der Waals surface area contributed by atoms with E-state index in [0.717, 1.165) is 22.3 Å². The van der Waals surface area contributed by atoms with Crippen LogP contribution in [0.25, 0.3) is 0 Å². The molecular weight excluding hydrogens is 330 g/mol. The quantitative estimate of drug-likeness (QED) is 0.584. The van der Waals surface area contributed by atoms with Crippen LogP contribution >= 0.6 is 0 Å². The Labute approximate surface area is 153 Å². The molecule has 0 atom stereocenters. The lowest BCUT2D eigenvalue weighted by molar-refractivity contribution is -0.147. The number of nitriles is 1. The molecule has 5 nitrogen and oxygen atoms in total. The number of aryl methyl sites for hydroxylation is 2. The van der Waals surface area contributed by atoms with Crippen LogP contribution in [0.2, 0.25) is 0 Å². The van der Waals surface area contributed by atoms with Crippen LogP contribution in [0.15, 0.2) is 30.3 Å². The molecule has 134 valence electrons. The minimum absolute atomic E-state index is 0.00303. The van der Waals surface area contributed by atoms with Gasteiger partial charge in [0.1, 0.15) is 12.4 Å². The zero-order valence-electron chi connectivity index (χ0n) is 15.4. The lowest BCUT2D eigenvalue weighted by Crippen LogP contribution is -2.16. The zero-order chi connectivity index (χ0) is 19.3. The fourth-order valence-corrected chi connectivity index (χ4v) is 2.95. The van der Waals surface area contributed by atoms with Crippen LogP contribution in [-0.2, 0) is 16.1 Å². The second-order valence-electron chi connectivity index (χ2n) is 6.13. The van der Waals surface area contributed by atoms with Gasteiger partial charge in [0.25, 0.3) is 0 Å². The molecule has 0 bridgehead atoms. The first-order valence-corrected chi connectivity index (χ1v) is 8.22. The molecule has 0 N–H and O–H groups in total. The number of ether oxygens (including phenoxy) is 2. The number of hydrogen-bond acceptors (Lipinski definition) is 5. The van der Waals surface area contributed by atoms with Crippen molar-refractivity contribution in [3.63, 3.8) is 0 Å². The smallest absolute Gasteiger partial charge is 0.344 e. The maximum atomic E-state index is 12.0. The van der Waals surface area contributed by atoms with Crippen molar-refractivity contribution >= 4 is 11.8 Å². The molecular formula is C21H21NO4. The van der Waals surface area contributed by atoms with E-state index >= 15 is 0 Å². The summed E-state index contributed by atoms with van der Waals surface area (Å²) in [6.45, 7) is 7.10. The van der Waals surface area contributed by atoms with Crippen LogP contribution in [0.3, 0.4) is 0 Å². The van der Waals surface area contributed by atoms with Crippen LogP contribution in [0.4, 0.5) is 0 Å². The standard InChI is InChI=1S/C21H21NO4/c1-13-9-14(2)21(16(4)23)15(3)19(13)11-26-20(24)12-25-18-7-5-17(10-22)6-8-18/h5-9H,11-12H2,1-4H3. The summed E-state index contributed by atoms with van der Waals surface area (Å²) in [6, 6.07) is 10.4. The SMILES string of the molecule is CC(=O)c1c(C)cc(C)c(COC(=O)COc2ccc(C#N)cc2)c1C. The molecule has 0 heterocycles. The minimum Gasteiger partial charge on any atom is -0.482 e. The van der Waals surface area contributed by atoms with E-state index in [-0.39, 0.29) is 19.0 Å². The predicted octanol–water partition coefficient (Wildman–Crippen LogP) is 3.81. The lowest BCUT2D eigenvalue weighted by atomic mass is 9.92. The van der Waals surface area contributed by atoms with Crippen molar-refractivity contribution in [2.45, 2.75) is 34.3 Å². The zero-order valence-corrected chi connectivity index (χ0v) is 15.4. The van der Waals surface area contributed by atoms with Gasteiger partial charge in [-0.05, 0) is 74.2 Å². The third-order valence-corrected chi connectivity index (χ3v) is 4.20. The second kappa shape index (κ2) is 8.30. The van der Waals surface area contributed by atoms with Crippen molar-refractivity contribution < 1.29 is 19.1 Å². The maximum Gasteiger partial charge on any atom is 0.344 e. The van der Waals surface area contributed by atoms with Gasteiger partial charge in [-0.3, -0.25) is 4.79 Å². The molecule has 0 amide bonds. The third-order valence-electron chi connectivity index (χ3n) is 4.20. The first-order chi connectivity index (χ1) is 12.3. The molecule has 0 radical (unpaired) electrons. The highest BCUT2D eigenvalue weighted by Gasteiger charge is 2.15. The number of nitrogens with zero attached hydrogens (tertiary/aromatic N) is 1. The van der Waals surface area contributed by atoms with Gasteiger partial charge in [0.15, 0.2) is 12.4 Å². The van der Waals surface area contributed by atoms with Crippen LogP contribution in [0.1, 0.15) is 45.1 Å². The number of esters is 1. The molecule has 0 aromatic heterocycles. The van der Waals surface area contributed by atoms with Gasteiger partial charge in [-0.15, -0.1) is 0 Å². The van der Waals surface area contributed by atoms with E-state index in [1.807, 2.05) is 32.9 Å². The van der Waals surface area contributed by atoms with Gasteiger partial charge in [0.2, 0.25) is 0 Å². The van der Waals surface area contributed by atoms with Crippen LogP contribution in [0, 0.1) is 32.1 Å². The maximum absolute atomic E-state index is 12.0. The van der Waals surface area contributed by atoms with E-state index in [0.29, 0.717) is 16.9 Å². The number of Topliss-reactive ketones (excluding diaryl/α,β-unsaturated/α-hetero) is 1. The highest BCUT2D eigenvalue weighted by atomic mass is 16.6. The number of rotatable bonds is 6. The monoisotopic (exact) mass is 351 g/mol. The predicted molar refractivity (Wildman–Crippen MR) is 97.1 cm³/mol. The number of benzene rings is 2. The minimum atomic E-state index is -0.502. The summed E-state index contributed by atoms with van der Waals surface area (Å²) in [4.78, 5) is 23.8. The Kier molecular flexibility index (Phi) is 6.13. The Morgan fingerprint density at radius 3 is 2.31 bits per heavy atom. The number of carbonyl (C=O) groups is 2. The van der Waals surface area contributed by atoms with Gasteiger partial charge in [0, 0.05) is 5.56 Å². The molecule has 2 rings (SSSR count). The fourth-order valence-electron chi connectivity index (χ4n) is 2.95. The molecule has 5 heteroatoms. The first-order valence-electron chi connectivity index (χ1n) is 8.22. The van der Waals surface area contributed by atoms with Crippen LogP contribution in [-0.4, -0.2) is 18.4 Å². The van der Waals surface area contributed by atoms with Crippen molar-refractivity contribution in [3.05, 3.63) is 63.7 Å². The summed E-state index contributed by atoms with van der Waals surface area (Å²) in [5, 5.41) is 8.75. The van der Waals surface area contributed by atoms with Gasteiger partial charge < -0.3 is 9.47 Å². The summed E-state index contributed by atoms with van der Waals surface area (Å²) in [5.74, 6) is -0.0163. The van der Waals surface area contributed by atoms with Gasteiger partial charge in [-0.25, -0.2) is 4.79 Å². The van der Waals surface area contributed by atoms with E-state index in [9.17, 15) is 9.59 Å². The Hall–Kier alpha value is -3.13. The molecule has 0 saturated heterocycles. The van der Waals surface area contributed by atoms with Gasteiger partial charge in [-0.1, -0.05) is 6.07 Å². The van der Waals surface area contributed by atoms with Crippen molar-refractivity contribution in [1.82, 2.24) is 0 Å². The van der Waals surface area contributed by atoms with Crippen molar-refractivity contribution in [1.29, 1.82) is 5.26 Å². The average Bonchev–Trinajstić information content (AvgIpc) is 2.59. The summed E-state index contributed by atoms with van der Waals surface area (Å²) in [7, 11) is 0. The summed E-state index contributed by atoms with van der Waals surface area (Å²) < 4.78 is 10.7. The number of carbonyl (C=O) groups excluding carboxylic acids is 2. The van der Waals surface area contributed by atoms with E-state index in [1.54, 1.807) is 24.3 Å². The van der Waals surface area contributed by atoms with E-state index in [2.05, 4.69) is 0 Å². The molecule has 2 aromatic carbocycles. The van der Waals surface area contributed by atoms with E-state index in [1.165, 1.54) is 6.92 Å². The number of ketones is 1. The van der Waals surface area contributed by atoms with Gasteiger partial charge >= 0.3 is 5.97 Å². The van der Waals surface area contributed by atoms with E-state index in [4.69, 9.17) is 14.7 Å². The second-order valence-corrected chi connectivity index (χ2v) is 6.13. The van der Waals surface area contributed by atoms with Crippen molar-refractivity contribution in [2.75, 3.05) is 6.61 Å². The summed E-state index contributed by atoms with van der Waals surface area (Å²) in [5.41, 5.74) is 4.78. The fraction of sp³-hybridized carbons (Fsp3) is 0.286. The highest BCUT2D eigenvalue weighted by Crippen LogP contribution is 2.23. The molecule has 0 aliphatic heterocycles. The molecule has 0 aliphatic rings. The van der Waals surface area contributed by atoms with E-state index < -0.39 is 5.97 Å². The molecule has 0 aliphatic carbocycles. The summed E-state index contributed by atoms with van der Waals surface area (Å²) >= 11 is 0. The molecule has 0 spiro atoms. The highest BCUT2D eigenvalue weighted by molar-refractivity contribution is 5.97. The van der Waals surface area contributed by atoms with Crippen molar-refractivity contribution in [3.8, 4) is 11.8 Å². The largest absolute Gasteiger partial charge is 0.482 e. The molecule has 0 unspecified atom stereocenters. The van der Waals surface area contributed by atoms with Crippen LogP contribution in [0.5, 0.6) is 5.75 Å². The normalized spacial score (nSPS) is 10.1. The molecule has 26 heavy (non-hydrogen) atoms. The average molecular weight is 351 g/mol. The Morgan fingerprint density at radius 2 is 1.73 bits per heavy atom.